The van der Waals surface area contributed by atoms with Crippen LogP contribution in [0, 0.1) is 0 Å². The Morgan fingerprint density at radius 1 is 1.13 bits per heavy atom. The van der Waals surface area contributed by atoms with Crippen molar-refractivity contribution in [1.82, 2.24) is 4.98 Å². The van der Waals surface area contributed by atoms with E-state index >= 15 is 0 Å². The lowest BCUT2D eigenvalue weighted by molar-refractivity contribution is -0.274. The average Bonchev–Trinajstić information content (AvgIpc) is 2.92. The van der Waals surface area contributed by atoms with E-state index in [2.05, 4.69) is 15.0 Å². The number of benzene rings is 2. The largest absolute Gasteiger partial charge is 0.573 e. The highest BCUT2D eigenvalue weighted by molar-refractivity contribution is 6.33. The predicted octanol–water partition coefficient (Wildman–Crippen LogP) is 6.33. The van der Waals surface area contributed by atoms with E-state index < -0.39 is 18.0 Å². The summed E-state index contributed by atoms with van der Waals surface area (Å²) in [5.41, 5.74) is 1.09. The van der Waals surface area contributed by atoms with Gasteiger partial charge in [-0.25, -0.2) is 4.98 Å². The smallest absolute Gasteiger partial charge is 0.488 e. The van der Waals surface area contributed by atoms with Crippen molar-refractivity contribution in [3.63, 3.8) is 0 Å². The maximum Gasteiger partial charge on any atom is 0.573 e. The number of anilines is 3. The maximum atomic E-state index is 13.2. The van der Waals surface area contributed by atoms with E-state index in [4.69, 9.17) is 25.8 Å². The summed E-state index contributed by atoms with van der Waals surface area (Å²) in [4.78, 5) is 19.6. The second-order valence-corrected chi connectivity index (χ2v) is 9.36. The lowest BCUT2D eigenvalue weighted by Crippen LogP contribution is -2.45. The van der Waals surface area contributed by atoms with E-state index in [-0.39, 0.29) is 36.8 Å². The minimum absolute atomic E-state index is 0.181. The normalized spacial score (nSPS) is 19.1. The van der Waals surface area contributed by atoms with Crippen LogP contribution in [0.4, 0.5) is 30.4 Å². The van der Waals surface area contributed by atoms with E-state index in [9.17, 15) is 18.0 Å². The third kappa shape index (κ3) is 6.55. The second-order valence-electron chi connectivity index (χ2n) is 8.95. The van der Waals surface area contributed by atoms with Crippen LogP contribution >= 0.6 is 11.6 Å². The van der Waals surface area contributed by atoms with Gasteiger partial charge in [0.25, 0.3) is 5.91 Å². The molecule has 0 radical (unpaired) electrons. The molecule has 2 aliphatic heterocycles. The van der Waals surface area contributed by atoms with Gasteiger partial charge in [0.1, 0.15) is 12.4 Å². The summed E-state index contributed by atoms with van der Waals surface area (Å²) in [5, 5.41) is 3.10. The average molecular weight is 564 g/mol. The molecule has 1 aromatic heterocycles. The van der Waals surface area contributed by atoms with Gasteiger partial charge < -0.3 is 29.2 Å². The van der Waals surface area contributed by atoms with E-state index in [1.165, 1.54) is 12.1 Å². The Hall–Kier alpha value is -3.54. The van der Waals surface area contributed by atoms with Crippen molar-refractivity contribution in [2.75, 3.05) is 30.0 Å². The van der Waals surface area contributed by atoms with Gasteiger partial charge in [-0.2, -0.15) is 0 Å². The molecule has 0 aliphatic carbocycles. The fourth-order valence-electron chi connectivity index (χ4n) is 4.46. The highest BCUT2D eigenvalue weighted by atomic mass is 35.5. The van der Waals surface area contributed by atoms with Crippen LogP contribution in [0.25, 0.3) is 0 Å². The van der Waals surface area contributed by atoms with Crippen LogP contribution in [0.2, 0.25) is 5.02 Å². The van der Waals surface area contributed by atoms with Crippen molar-refractivity contribution in [2.24, 2.45) is 0 Å². The Kier molecular flexibility index (Phi) is 8.10. The molecule has 0 bridgehead atoms. The molecule has 1 fully saturated rings. The number of carbonyl (C=O) groups is 1. The Morgan fingerprint density at radius 3 is 2.67 bits per heavy atom. The van der Waals surface area contributed by atoms with E-state index in [0.717, 1.165) is 31.4 Å². The number of para-hydroxylation sites is 1. The number of ether oxygens (including phenoxy) is 4. The Bertz CT molecular complexity index is 1300. The van der Waals surface area contributed by atoms with Crippen molar-refractivity contribution in [3.05, 3.63) is 71.4 Å². The number of carbonyl (C=O) groups excluding carboxylic acids is 1. The van der Waals surface area contributed by atoms with Gasteiger partial charge in [0, 0.05) is 18.5 Å². The van der Waals surface area contributed by atoms with Crippen molar-refractivity contribution >= 4 is 34.7 Å². The molecule has 0 saturated carbocycles. The van der Waals surface area contributed by atoms with Gasteiger partial charge in [-0.1, -0.05) is 17.7 Å². The van der Waals surface area contributed by atoms with Gasteiger partial charge in [0.05, 0.1) is 28.9 Å². The molecule has 206 valence electrons. The van der Waals surface area contributed by atoms with Gasteiger partial charge in [0.2, 0.25) is 0 Å². The first-order valence-corrected chi connectivity index (χ1v) is 12.7. The molecule has 2 atom stereocenters. The number of hydrogen-bond donors (Lipinski definition) is 1. The number of rotatable bonds is 7. The number of hydrogen-bond acceptors (Lipinski definition) is 7. The second kappa shape index (κ2) is 11.7. The summed E-state index contributed by atoms with van der Waals surface area (Å²) in [6.07, 6.45) is -0.637. The number of pyridine rings is 1. The minimum atomic E-state index is -4.81. The zero-order valence-corrected chi connectivity index (χ0v) is 21.4. The van der Waals surface area contributed by atoms with E-state index in [1.54, 1.807) is 36.5 Å². The molecule has 39 heavy (non-hydrogen) atoms. The van der Waals surface area contributed by atoms with Crippen LogP contribution < -0.4 is 19.7 Å². The summed E-state index contributed by atoms with van der Waals surface area (Å²) < 4.78 is 59.1. The Labute approximate surface area is 227 Å². The maximum absolute atomic E-state index is 13.2. The number of fused-ring (bicyclic) bond motifs is 1. The fourth-order valence-corrected chi connectivity index (χ4v) is 4.67. The molecule has 5 rings (SSSR count). The van der Waals surface area contributed by atoms with Crippen LogP contribution in [-0.4, -0.2) is 49.4 Å². The number of nitrogens with zero attached hydrogens (tertiary/aromatic N) is 2. The lowest BCUT2D eigenvalue weighted by Gasteiger charge is -2.39. The first-order chi connectivity index (χ1) is 18.8. The zero-order valence-electron chi connectivity index (χ0n) is 20.6. The summed E-state index contributed by atoms with van der Waals surface area (Å²) in [5.74, 6) is -0.0944. The van der Waals surface area contributed by atoms with E-state index in [0.29, 0.717) is 28.9 Å². The monoisotopic (exact) mass is 563 g/mol. The van der Waals surface area contributed by atoms with Crippen molar-refractivity contribution in [1.29, 1.82) is 0 Å². The standard InChI is InChI=1S/C27H25ClF3N3O5/c28-21-6-4-13-32-25(21)34-18(15-37-23-8-1-2-14-36-23)16-38-24-20(5-3-7-22(24)34)26(35)33-17-9-11-19(12-10-17)39-27(29,30)31/h3-7,9-13,18,23H,1-2,8,14-16H2,(H,33,35)/t18-,23?/m0/s1. The topological polar surface area (TPSA) is 82.2 Å². The molecular formula is C27H25ClF3N3O5. The first-order valence-electron chi connectivity index (χ1n) is 12.3. The summed E-state index contributed by atoms with van der Waals surface area (Å²) >= 11 is 6.53. The number of aromatic nitrogens is 1. The molecule has 0 spiro atoms. The van der Waals surface area contributed by atoms with Gasteiger partial charge in [-0.05, 0) is 67.8 Å². The lowest BCUT2D eigenvalue weighted by atomic mass is 10.1. The van der Waals surface area contributed by atoms with Gasteiger partial charge in [-0.15, -0.1) is 13.2 Å². The molecule has 2 aliphatic rings. The third-order valence-corrected chi connectivity index (χ3v) is 6.50. The molecular weight excluding hydrogens is 539 g/mol. The number of alkyl halides is 3. The van der Waals surface area contributed by atoms with Crippen LogP contribution in [0.15, 0.2) is 60.8 Å². The summed E-state index contributed by atoms with van der Waals surface area (Å²) in [6, 6.07) is 13.1. The van der Waals surface area contributed by atoms with Crippen LogP contribution in [0.3, 0.4) is 0 Å². The molecule has 1 amide bonds. The van der Waals surface area contributed by atoms with Gasteiger partial charge in [0.15, 0.2) is 17.9 Å². The fraction of sp³-hybridized carbons (Fsp3) is 0.333. The SMILES string of the molecule is O=C(Nc1ccc(OC(F)(F)F)cc1)c1cccc2c1OC[C@H](COC1CCCCO1)N2c1ncccc1Cl. The molecule has 1 N–H and O–H groups in total. The highest BCUT2D eigenvalue weighted by Crippen LogP contribution is 2.43. The van der Waals surface area contributed by atoms with Crippen LogP contribution in [0.1, 0.15) is 29.6 Å². The first kappa shape index (κ1) is 27.0. The number of halogens is 4. The van der Waals surface area contributed by atoms with E-state index in [1.807, 2.05) is 4.90 Å². The molecule has 1 unspecified atom stereocenters. The highest BCUT2D eigenvalue weighted by Gasteiger charge is 2.35. The molecule has 12 heteroatoms. The molecule has 8 nitrogen and oxygen atoms in total. The minimum Gasteiger partial charge on any atom is -0.488 e. The van der Waals surface area contributed by atoms with Crippen LogP contribution in [-0.2, 0) is 9.47 Å². The Balaban J connectivity index is 1.39. The van der Waals surface area contributed by atoms with Gasteiger partial charge in [-0.3, -0.25) is 4.79 Å². The summed E-state index contributed by atoms with van der Waals surface area (Å²) in [6.45, 7) is 1.11. The predicted molar refractivity (Wildman–Crippen MR) is 138 cm³/mol. The zero-order chi connectivity index (χ0) is 27.4. The summed E-state index contributed by atoms with van der Waals surface area (Å²) in [7, 11) is 0. The quantitative estimate of drug-likeness (QED) is 0.360. The number of amides is 1. The van der Waals surface area contributed by atoms with Gasteiger partial charge >= 0.3 is 6.36 Å². The van der Waals surface area contributed by atoms with Crippen LogP contribution in [0.5, 0.6) is 11.5 Å². The molecule has 3 heterocycles. The van der Waals surface area contributed by atoms with Crippen molar-refractivity contribution in [3.8, 4) is 11.5 Å². The Morgan fingerprint density at radius 2 is 1.95 bits per heavy atom. The van der Waals surface area contributed by atoms with Crippen molar-refractivity contribution < 1.29 is 36.9 Å². The van der Waals surface area contributed by atoms with Crippen molar-refractivity contribution in [2.45, 2.75) is 38.0 Å². The third-order valence-electron chi connectivity index (χ3n) is 6.21. The number of nitrogens with one attached hydrogen (secondary N) is 1. The molecule has 3 aromatic rings. The molecule has 2 aromatic carbocycles. The molecule has 1 saturated heterocycles.